The van der Waals surface area contributed by atoms with E-state index in [1.165, 1.54) is 10.6 Å². The van der Waals surface area contributed by atoms with Crippen LogP contribution in [0.3, 0.4) is 0 Å². The van der Waals surface area contributed by atoms with Crippen molar-refractivity contribution in [2.45, 2.75) is 63.3 Å². The molecule has 1 saturated carbocycles. The number of nitrogens with zero attached hydrogens (tertiary/aromatic N) is 2. The Morgan fingerprint density at radius 3 is 2.34 bits per heavy atom. The van der Waals surface area contributed by atoms with E-state index < -0.39 is 22.9 Å². The number of H-pyrrole nitrogens is 1. The second-order valence-electron chi connectivity index (χ2n) is 9.24. The Labute approximate surface area is 183 Å². The van der Waals surface area contributed by atoms with Crippen molar-refractivity contribution in [3.8, 4) is 0 Å². The van der Waals surface area contributed by atoms with E-state index in [0.717, 1.165) is 11.6 Å². The number of rotatable bonds is 3. The van der Waals surface area contributed by atoms with E-state index in [1.54, 1.807) is 0 Å². The number of hydrogen-bond acceptors (Lipinski definition) is 3. The number of carbonyl (C=O) groups is 1. The first-order valence-corrected chi connectivity index (χ1v) is 10.9. The number of fused-ring (bicyclic) bond motifs is 1. The number of aromatic amines is 1. The molecule has 1 amide bonds. The fraction of sp³-hybridized carbons (Fsp3) is 0.417. The predicted octanol–water partition coefficient (Wildman–Crippen LogP) is 5.06. The molecule has 3 aromatic rings. The Bertz CT molecular complexity index is 1230. The lowest BCUT2D eigenvalue weighted by Gasteiger charge is -2.38. The molecule has 1 aliphatic heterocycles. The molecule has 2 heterocycles. The summed E-state index contributed by atoms with van der Waals surface area (Å²) in [5.41, 5.74) is 0.159. The molecule has 0 radical (unpaired) electrons. The van der Waals surface area contributed by atoms with Crippen LogP contribution in [-0.4, -0.2) is 32.2 Å². The van der Waals surface area contributed by atoms with E-state index in [1.807, 2.05) is 49.1 Å². The molecular formula is C24H25F2N3O3. The summed E-state index contributed by atoms with van der Waals surface area (Å²) in [6.45, 7) is 3.84. The highest BCUT2D eigenvalue weighted by molar-refractivity contribution is 5.76. The summed E-state index contributed by atoms with van der Waals surface area (Å²) in [6.07, 6.45) is 2.22. The summed E-state index contributed by atoms with van der Waals surface area (Å²) in [4.78, 5) is 29.7. The van der Waals surface area contributed by atoms with Crippen LogP contribution in [0.25, 0.3) is 11.0 Å². The molecule has 0 spiro atoms. The van der Waals surface area contributed by atoms with Gasteiger partial charge in [0.2, 0.25) is 0 Å². The Morgan fingerprint density at radius 2 is 1.66 bits per heavy atom. The van der Waals surface area contributed by atoms with Crippen LogP contribution in [0.1, 0.15) is 57.2 Å². The molecule has 1 aromatic heterocycles. The van der Waals surface area contributed by atoms with E-state index in [2.05, 4.69) is 4.98 Å². The van der Waals surface area contributed by atoms with E-state index >= 15 is 0 Å². The van der Waals surface area contributed by atoms with Gasteiger partial charge >= 0.3 is 11.8 Å². The normalized spacial score (nSPS) is 25.3. The molecule has 1 N–H and O–H groups in total. The van der Waals surface area contributed by atoms with Crippen LogP contribution in [0.15, 0.2) is 47.3 Å². The first-order valence-electron chi connectivity index (χ1n) is 10.9. The van der Waals surface area contributed by atoms with E-state index in [9.17, 15) is 18.4 Å². The van der Waals surface area contributed by atoms with Crippen LogP contribution >= 0.6 is 0 Å². The molecule has 1 saturated heterocycles. The summed E-state index contributed by atoms with van der Waals surface area (Å²) >= 11 is 0. The molecule has 0 unspecified atom stereocenters. The summed E-state index contributed by atoms with van der Waals surface area (Å²) in [5, 5.41) is 0. The van der Waals surface area contributed by atoms with Gasteiger partial charge in [-0.05, 0) is 45.1 Å². The van der Waals surface area contributed by atoms with Crippen LogP contribution in [0.5, 0.6) is 0 Å². The Morgan fingerprint density at radius 1 is 1.00 bits per heavy atom. The number of ether oxygens (including phenoxy) is 1. The summed E-state index contributed by atoms with van der Waals surface area (Å²) in [7, 11) is 0. The van der Waals surface area contributed by atoms with Gasteiger partial charge in [-0.15, -0.1) is 0 Å². The van der Waals surface area contributed by atoms with Crippen molar-refractivity contribution in [2.24, 2.45) is 0 Å². The van der Waals surface area contributed by atoms with Crippen molar-refractivity contribution in [1.82, 2.24) is 14.5 Å². The number of halogens is 2. The van der Waals surface area contributed by atoms with Gasteiger partial charge < -0.3 is 9.72 Å². The average molecular weight is 441 g/mol. The van der Waals surface area contributed by atoms with Crippen LogP contribution in [0.4, 0.5) is 13.6 Å². The number of amides is 1. The van der Waals surface area contributed by atoms with Gasteiger partial charge in [0.1, 0.15) is 16.9 Å². The lowest BCUT2D eigenvalue weighted by atomic mass is 9.86. The maximum atomic E-state index is 14.1. The van der Waals surface area contributed by atoms with Crippen LogP contribution in [0, 0.1) is 11.6 Å². The van der Waals surface area contributed by atoms with Gasteiger partial charge in [-0.1, -0.05) is 30.3 Å². The third-order valence-electron chi connectivity index (χ3n) is 6.78. The first-order chi connectivity index (χ1) is 15.3. The van der Waals surface area contributed by atoms with Crippen LogP contribution < -0.4 is 5.69 Å². The fourth-order valence-electron chi connectivity index (χ4n) is 5.44. The van der Waals surface area contributed by atoms with Gasteiger partial charge in [-0.2, -0.15) is 0 Å². The largest absolute Gasteiger partial charge is 0.441 e. The zero-order chi connectivity index (χ0) is 22.6. The second kappa shape index (κ2) is 7.46. The van der Waals surface area contributed by atoms with Crippen molar-refractivity contribution < 1.29 is 18.3 Å². The van der Waals surface area contributed by atoms with Gasteiger partial charge in [-0.25, -0.2) is 18.4 Å². The summed E-state index contributed by atoms with van der Waals surface area (Å²) in [6, 6.07) is 11.3. The molecule has 168 valence electrons. The molecule has 8 heteroatoms. The maximum absolute atomic E-state index is 14.1. The third kappa shape index (κ3) is 3.29. The van der Waals surface area contributed by atoms with Crippen molar-refractivity contribution in [2.75, 3.05) is 0 Å². The third-order valence-corrected chi connectivity index (χ3v) is 6.78. The van der Waals surface area contributed by atoms with Crippen molar-refractivity contribution in [3.05, 3.63) is 70.1 Å². The van der Waals surface area contributed by atoms with Gasteiger partial charge in [0, 0.05) is 24.2 Å². The molecule has 5 rings (SSSR count). The second-order valence-corrected chi connectivity index (χ2v) is 9.24. The maximum Gasteiger partial charge on any atom is 0.411 e. The molecule has 1 aliphatic carbocycles. The van der Waals surface area contributed by atoms with Gasteiger partial charge in [0.15, 0.2) is 5.82 Å². The highest BCUT2D eigenvalue weighted by atomic mass is 19.1. The van der Waals surface area contributed by atoms with Gasteiger partial charge in [0.05, 0.1) is 11.6 Å². The lowest BCUT2D eigenvalue weighted by Crippen LogP contribution is -2.43. The molecule has 2 aliphatic rings. The highest BCUT2D eigenvalue weighted by Crippen LogP contribution is 2.45. The van der Waals surface area contributed by atoms with Crippen molar-refractivity contribution in [3.63, 3.8) is 0 Å². The molecule has 2 aromatic carbocycles. The van der Waals surface area contributed by atoms with Crippen LogP contribution in [-0.2, 0) is 4.74 Å². The minimum absolute atomic E-state index is 0.0209. The molecule has 32 heavy (non-hydrogen) atoms. The summed E-state index contributed by atoms with van der Waals surface area (Å²) < 4.78 is 35.1. The van der Waals surface area contributed by atoms with Crippen molar-refractivity contribution >= 4 is 17.1 Å². The first kappa shape index (κ1) is 20.7. The van der Waals surface area contributed by atoms with Gasteiger partial charge in [0.25, 0.3) is 0 Å². The number of hydrogen-bond donors (Lipinski definition) is 1. The SMILES string of the molecule is CC1(C)OC(=O)N([C@H]2CC[C@H](n3c(=O)[nH]c4c(F)cc(F)cc43)CC2)[C@H]1c1ccccc1. The van der Waals surface area contributed by atoms with E-state index in [4.69, 9.17) is 4.74 Å². The Hall–Kier alpha value is -3.16. The number of nitrogens with one attached hydrogen (secondary N) is 1. The monoisotopic (exact) mass is 441 g/mol. The standard InChI is InChI=1S/C24H25F2N3O3/c1-24(2)21(14-6-4-3-5-7-14)29(23(31)32-24)17-10-8-16(9-11-17)28-19-13-15(25)12-18(26)20(19)27-22(28)30/h3-7,12-13,16-17,21H,8-11H2,1-2H3,(H,27,30)/t16-,17-,21-/m0/s1. The number of carbonyl (C=O) groups excluding carboxylic acids is 1. The summed E-state index contributed by atoms with van der Waals surface area (Å²) in [5.74, 6) is -1.50. The fourth-order valence-corrected chi connectivity index (χ4v) is 5.44. The van der Waals surface area contributed by atoms with Gasteiger partial charge in [-0.3, -0.25) is 9.47 Å². The zero-order valence-corrected chi connectivity index (χ0v) is 18.0. The number of imidazole rings is 1. The molecule has 6 nitrogen and oxygen atoms in total. The predicted molar refractivity (Wildman–Crippen MR) is 115 cm³/mol. The van der Waals surface area contributed by atoms with E-state index in [-0.39, 0.29) is 35.3 Å². The smallest absolute Gasteiger partial charge is 0.411 e. The molecular weight excluding hydrogens is 416 g/mol. The van der Waals surface area contributed by atoms with Crippen molar-refractivity contribution in [1.29, 1.82) is 0 Å². The minimum atomic E-state index is -0.780. The number of cyclic esters (lactones) is 1. The Kier molecular flexibility index (Phi) is 4.83. The van der Waals surface area contributed by atoms with E-state index in [0.29, 0.717) is 25.7 Å². The number of benzene rings is 2. The molecule has 0 bridgehead atoms. The Balaban J connectivity index is 1.41. The number of aromatic nitrogens is 2. The average Bonchev–Trinajstić information content (AvgIpc) is 3.20. The molecule has 1 atom stereocenters. The molecule has 2 fully saturated rings. The van der Waals surface area contributed by atoms with Crippen LogP contribution in [0.2, 0.25) is 0 Å². The highest BCUT2D eigenvalue weighted by Gasteiger charge is 2.51. The topological polar surface area (TPSA) is 67.3 Å². The minimum Gasteiger partial charge on any atom is -0.441 e. The quantitative estimate of drug-likeness (QED) is 0.618. The lowest BCUT2D eigenvalue weighted by molar-refractivity contribution is 0.0662. The zero-order valence-electron chi connectivity index (χ0n) is 18.0.